The van der Waals surface area contributed by atoms with Crippen molar-refractivity contribution in [3.63, 3.8) is 0 Å². The molecule has 0 unspecified atom stereocenters. The molecule has 1 saturated carbocycles. The molecule has 2 heterocycles. The van der Waals surface area contributed by atoms with Crippen molar-refractivity contribution in [3.8, 4) is 16.9 Å². The van der Waals surface area contributed by atoms with Crippen molar-refractivity contribution in [3.05, 3.63) is 70.3 Å². The summed E-state index contributed by atoms with van der Waals surface area (Å²) in [6.45, 7) is 2.91. The lowest BCUT2D eigenvalue weighted by Gasteiger charge is -2.37. The first kappa shape index (κ1) is 26.4. The topological polar surface area (TPSA) is 93.4 Å². The first-order valence-corrected chi connectivity index (χ1v) is 14.2. The summed E-state index contributed by atoms with van der Waals surface area (Å²) in [7, 11) is 2.01. The number of nitrogens with one attached hydrogen (secondary N) is 1. The highest BCUT2D eigenvalue weighted by molar-refractivity contribution is 7.21. The van der Waals surface area contributed by atoms with Crippen LogP contribution in [-0.4, -0.2) is 46.5 Å². The Hall–Kier alpha value is -3.20. The Bertz CT molecular complexity index is 1420. The number of ether oxygens (including phenoxy) is 1. The summed E-state index contributed by atoms with van der Waals surface area (Å²) in [6.07, 6.45) is 7.31. The second-order valence-electron chi connectivity index (χ2n) is 9.55. The smallest absolute Gasteiger partial charge is 0.266 e. The molecule has 1 aliphatic carbocycles. The number of anilines is 1. The molecule has 4 aromatic rings. The largest absolute Gasteiger partial charge is 0.494 e. The molecule has 9 heteroatoms. The monoisotopic (exact) mass is 549 g/mol. The first-order chi connectivity index (χ1) is 18.5. The van der Waals surface area contributed by atoms with Gasteiger partial charge >= 0.3 is 0 Å². The van der Waals surface area contributed by atoms with Gasteiger partial charge in [0.25, 0.3) is 5.91 Å². The van der Waals surface area contributed by atoms with Crippen molar-refractivity contribution >= 4 is 44.9 Å². The summed E-state index contributed by atoms with van der Waals surface area (Å²) >= 11 is 8.25. The molecular weight excluding hydrogens is 518 g/mol. The van der Waals surface area contributed by atoms with Crippen molar-refractivity contribution in [1.82, 2.24) is 20.2 Å². The molecule has 3 N–H and O–H groups in total. The molecule has 0 bridgehead atoms. The summed E-state index contributed by atoms with van der Waals surface area (Å²) in [5.41, 5.74) is 8.42. The molecule has 2 aromatic heterocycles. The van der Waals surface area contributed by atoms with Crippen molar-refractivity contribution in [1.29, 1.82) is 0 Å². The van der Waals surface area contributed by atoms with Gasteiger partial charge in [-0.05, 0) is 63.4 Å². The molecule has 1 aliphatic rings. The predicted molar refractivity (Wildman–Crippen MR) is 155 cm³/mol. The van der Waals surface area contributed by atoms with Gasteiger partial charge in [0, 0.05) is 52.2 Å². The molecule has 0 spiro atoms. The van der Waals surface area contributed by atoms with E-state index in [-0.39, 0.29) is 17.9 Å². The number of halogens is 1. The van der Waals surface area contributed by atoms with Crippen LogP contribution >= 0.6 is 22.9 Å². The van der Waals surface area contributed by atoms with Gasteiger partial charge in [0.2, 0.25) is 5.95 Å². The minimum Gasteiger partial charge on any atom is -0.494 e. The van der Waals surface area contributed by atoms with Crippen molar-refractivity contribution in [2.75, 3.05) is 19.4 Å². The fourth-order valence-electron chi connectivity index (χ4n) is 5.17. The van der Waals surface area contributed by atoms with Gasteiger partial charge in [-0.1, -0.05) is 35.9 Å². The highest BCUT2D eigenvalue weighted by Crippen LogP contribution is 2.38. The molecule has 0 atom stereocenters. The van der Waals surface area contributed by atoms with Crippen LogP contribution in [0.15, 0.2) is 54.9 Å². The number of rotatable bonds is 8. The van der Waals surface area contributed by atoms with E-state index >= 15 is 0 Å². The third-order valence-electron chi connectivity index (χ3n) is 7.24. The lowest BCUT2D eigenvalue weighted by Crippen LogP contribution is -2.44. The maximum absolute atomic E-state index is 14.2. The number of nitrogens with two attached hydrogens (primary N) is 1. The third-order valence-corrected chi connectivity index (χ3v) is 8.91. The van der Waals surface area contributed by atoms with E-state index in [4.69, 9.17) is 22.1 Å². The second-order valence-corrected chi connectivity index (χ2v) is 11.0. The quantitative estimate of drug-likeness (QED) is 0.273. The number of hydrogen-bond donors (Lipinski definition) is 2. The highest BCUT2D eigenvalue weighted by Gasteiger charge is 2.32. The van der Waals surface area contributed by atoms with E-state index in [0.717, 1.165) is 58.2 Å². The number of nitrogens with zero attached hydrogens (tertiary/aromatic N) is 3. The normalized spacial score (nSPS) is 17.4. The zero-order chi connectivity index (χ0) is 26.6. The molecule has 38 heavy (non-hydrogen) atoms. The lowest BCUT2D eigenvalue weighted by atomic mass is 9.89. The molecule has 0 saturated heterocycles. The van der Waals surface area contributed by atoms with E-state index in [2.05, 4.69) is 21.4 Å². The Morgan fingerprint density at radius 3 is 2.55 bits per heavy atom. The van der Waals surface area contributed by atoms with Crippen LogP contribution in [0.3, 0.4) is 0 Å². The standard InChI is InChI=1S/C29H32ClN5O2S/c1-3-37-24-13-8-18(20-15-33-29(31)34-16-20)14-19(24)17-35(22-11-9-21(32-2)10-12-22)28(36)27-26(30)23-6-4-5-7-25(23)38-27/h4-8,13-16,21-22,32H,3,9-12,17H2,1-2H3,(H2,31,33,34)/t21-,22+. The molecule has 0 radical (unpaired) electrons. The summed E-state index contributed by atoms with van der Waals surface area (Å²) in [6, 6.07) is 14.5. The van der Waals surface area contributed by atoms with Crippen LogP contribution in [0.25, 0.3) is 21.2 Å². The lowest BCUT2D eigenvalue weighted by molar-refractivity contribution is 0.0604. The third kappa shape index (κ3) is 5.48. The minimum atomic E-state index is -0.0345. The van der Waals surface area contributed by atoms with Gasteiger partial charge in [-0.25, -0.2) is 9.97 Å². The number of nitrogen functional groups attached to an aromatic ring is 1. The maximum Gasteiger partial charge on any atom is 0.266 e. The molecule has 2 aromatic carbocycles. The summed E-state index contributed by atoms with van der Waals surface area (Å²) < 4.78 is 7.02. The van der Waals surface area contributed by atoms with E-state index in [1.807, 2.05) is 55.3 Å². The fraction of sp³-hybridized carbons (Fsp3) is 0.345. The van der Waals surface area contributed by atoms with Crippen molar-refractivity contribution < 1.29 is 9.53 Å². The van der Waals surface area contributed by atoms with Crippen LogP contribution in [-0.2, 0) is 6.54 Å². The fourth-order valence-corrected chi connectivity index (χ4v) is 6.64. The van der Waals surface area contributed by atoms with Gasteiger partial charge < -0.3 is 20.7 Å². The molecule has 1 fully saturated rings. The van der Waals surface area contributed by atoms with Gasteiger partial charge in [0.1, 0.15) is 10.6 Å². The Morgan fingerprint density at radius 1 is 1.13 bits per heavy atom. The van der Waals surface area contributed by atoms with E-state index in [9.17, 15) is 4.79 Å². The second kappa shape index (κ2) is 11.7. The molecule has 7 nitrogen and oxygen atoms in total. The number of benzene rings is 2. The van der Waals surface area contributed by atoms with E-state index in [0.29, 0.717) is 29.1 Å². The van der Waals surface area contributed by atoms with E-state index in [1.54, 1.807) is 12.4 Å². The van der Waals surface area contributed by atoms with Crippen LogP contribution in [0.2, 0.25) is 5.02 Å². The van der Waals surface area contributed by atoms with E-state index < -0.39 is 0 Å². The predicted octanol–water partition coefficient (Wildman–Crippen LogP) is 6.17. The number of carbonyl (C=O) groups is 1. The van der Waals surface area contributed by atoms with Gasteiger partial charge in [0.15, 0.2) is 0 Å². The Balaban J connectivity index is 1.53. The Morgan fingerprint density at radius 2 is 1.87 bits per heavy atom. The maximum atomic E-state index is 14.2. The molecule has 5 rings (SSSR count). The van der Waals surface area contributed by atoms with Crippen LogP contribution < -0.4 is 15.8 Å². The molecule has 0 aliphatic heterocycles. The highest BCUT2D eigenvalue weighted by atomic mass is 35.5. The molecule has 198 valence electrons. The van der Waals surface area contributed by atoms with Gasteiger partial charge in [-0.2, -0.15) is 0 Å². The van der Waals surface area contributed by atoms with Crippen molar-refractivity contribution in [2.24, 2.45) is 0 Å². The molecule has 1 amide bonds. The zero-order valence-corrected chi connectivity index (χ0v) is 23.2. The summed E-state index contributed by atoms with van der Waals surface area (Å²) in [4.78, 5) is 25.1. The zero-order valence-electron chi connectivity index (χ0n) is 21.6. The van der Waals surface area contributed by atoms with Crippen LogP contribution in [0, 0.1) is 0 Å². The number of carbonyl (C=O) groups excluding carboxylic acids is 1. The van der Waals surface area contributed by atoms with Crippen LogP contribution in [0.1, 0.15) is 47.8 Å². The van der Waals surface area contributed by atoms with E-state index in [1.165, 1.54) is 11.3 Å². The van der Waals surface area contributed by atoms with Gasteiger partial charge in [0.05, 0.1) is 11.6 Å². The van der Waals surface area contributed by atoms with Crippen LogP contribution in [0.5, 0.6) is 5.75 Å². The summed E-state index contributed by atoms with van der Waals surface area (Å²) in [5, 5.41) is 4.84. The minimum absolute atomic E-state index is 0.0345. The first-order valence-electron chi connectivity index (χ1n) is 13.0. The average Bonchev–Trinajstić information content (AvgIpc) is 3.29. The summed E-state index contributed by atoms with van der Waals surface area (Å²) in [5.74, 6) is 0.957. The Kier molecular flexibility index (Phi) is 8.12. The number of amides is 1. The Labute approximate surface area is 232 Å². The van der Waals surface area contributed by atoms with Crippen LogP contribution in [0.4, 0.5) is 5.95 Å². The number of aromatic nitrogens is 2. The number of fused-ring (bicyclic) bond motifs is 1. The number of hydrogen-bond acceptors (Lipinski definition) is 7. The van der Waals surface area contributed by atoms with Gasteiger partial charge in [-0.15, -0.1) is 11.3 Å². The SMILES string of the molecule is CCOc1ccc(-c2cnc(N)nc2)cc1CN(C(=O)c1sc2ccccc2c1Cl)[C@H]1CC[C@@H](NC)CC1. The van der Waals surface area contributed by atoms with Gasteiger partial charge in [-0.3, -0.25) is 4.79 Å². The average molecular weight is 550 g/mol. The molecular formula is C29H32ClN5O2S. The van der Waals surface area contributed by atoms with Crippen molar-refractivity contribution in [2.45, 2.75) is 51.2 Å². The number of thiophene rings is 1.